The van der Waals surface area contributed by atoms with E-state index in [1.165, 1.54) is 4.57 Å². The van der Waals surface area contributed by atoms with Crippen LogP contribution in [0.15, 0.2) is 35.3 Å². The number of rotatable bonds is 7. The molecule has 0 radical (unpaired) electrons. The number of halogens is 6. The minimum atomic E-state index is -5.08. The van der Waals surface area contributed by atoms with E-state index in [0.29, 0.717) is 48.4 Å². The van der Waals surface area contributed by atoms with Gasteiger partial charge in [-0.1, -0.05) is 6.07 Å². The van der Waals surface area contributed by atoms with E-state index >= 15 is 0 Å². The quantitative estimate of drug-likeness (QED) is 0.335. The number of likely N-dealkylation sites (tertiary alicyclic amines) is 1. The number of nitrogens with zero attached hydrogens (tertiary/aromatic N) is 4. The van der Waals surface area contributed by atoms with E-state index in [0.717, 1.165) is 11.1 Å². The molecule has 44 heavy (non-hydrogen) atoms. The number of benzene rings is 1. The number of amides is 1. The summed E-state index contributed by atoms with van der Waals surface area (Å²) < 4.78 is 77.3. The third-order valence-electron chi connectivity index (χ3n) is 7.04. The number of nitrogens with two attached hydrogens (primary N) is 2. The first-order valence-corrected chi connectivity index (χ1v) is 13.4. The molecule has 11 nitrogen and oxygen atoms in total. The molecule has 1 aliphatic heterocycles. The number of piperidine rings is 1. The Morgan fingerprint density at radius 1 is 1.11 bits per heavy atom. The zero-order valence-electron chi connectivity index (χ0n) is 23.8. The molecule has 3 heterocycles. The summed E-state index contributed by atoms with van der Waals surface area (Å²) in [6, 6.07) is 6.62. The number of aromatic nitrogens is 3. The first kappa shape index (κ1) is 34.5. The number of aliphatic carboxylic acids is 1. The Morgan fingerprint density at radius 2 is 1.73 bits per heavy atom. The second-order valence-corrected chi connectivity index (χ2v) is 10.2. The van der Waals surface area contributed by atoms with E-state index in [1.54, 1.807) is 35.7 Å². The number of carbonyl (C=O) groups excluding carboxylic acids is 1. The van der Waals surface area contributed by atoms with Gasteiger partial charge in [-0.15, -0.1) is 13.2 Å². The third kappa shape index (κ3) is 8.57. The highest BCUT2D eigenvalue weighted by Gasteiger charge is 2.38. The molecule has 1 atom stereocenters. The zero-order chi connectivity index (χ0) is 33.0. The molecule has 0 bridgehead atoms. The van der Waals surface area contributed by atoms with Gasteiger partial charge in [-0.25, -0.2) is 9.78 Å². The maximum atomic E-state index is 12.7. The van der Waals surface area contributed by atoms with E-state index < -0.39 is 31.2 Å². The lowest BCUT2D eigenvalue weighted by molar-refractivity contribution is -0.325. The van der Waals surface area contributed by atoms with Gasteiger partial charge >= 0.3 is 18.5 Å². The molecule has 1 amide bonds. The number of alkyl halides is 6. The van der Waals surface area contributed by atoms with Crippen LogP contribution in [-0.2, 0) is 27.9 Å². The van der Waals surface area contributed by atoms with Crippen LogP contribution in [0, 0.1) is 6.92 Å². The highest BCUT2D eigenvalue weighted by atomic mass is 19.4. The second kappa shape index (κ2) is 13.8. The van der Waals surface area contributed by atoms with Crippen LogP contribution in [0.4, 0.5) is 26.3 Å². The Morgan fingerprint density at radius 3 is 2.25 bits per heavy atom. The van der Waals surface area contributed by atoms with Crippen molar-refractivity contribution in [1.82, 2.24) is 19.0 Å². The number of aryl methyl sites for hydroxylation is 2. The highest BCUT2D eigenvalue weighted by Crippen LogP contribution is 2.33. The van der Waals surface area contributed by atoms with Crippen LogP contribution in [0.25, 0.3) is 22.2 Å². The molecule has 17 heteroatoms. The van der Waals surface area contributed by atoms with E-state index in [4.69, 9.17) is 26.4 Å². The summed E-state index contributed by atoms with van der Waals surface area (Å²) in [5.74, 6) is -2.36. The number of pyridine rings is 1. The number of hydrogen-bond acceptors (Lipinski definition) is 7. The van der Waals surface area contributed by atoms with Gasteiger partial charge in [0.25, 0.3) is 5.56 Å². The fourth-order valence-electron chi connectivity index (χ4n) is 4.85. The zero-order valence-corrected chi connectivity index (χ0v) is 23.8. The van der Waals surface area contributed by atoms with Crippen LogP contribution < -0.4 is 17.0 Å². The topological polar surface area (TPSA) is 159 Å². The smallest absolute Gasteiger partial charge is 0.475 e. The summed E-state index contributed by atoms with van der Waals surface area (Å²) in [4.78, 5) is 39.9. The van der Waals surface area contributed by atoms with Gasteiger partial charge in [0, 0.05) is 50.9 Å². The molecule has 242 valence electrons. The maximum Gasteiger partial charge on any atom is 0.522 e. The highest BCUT2D eigenvalue weighted by molar-refractivity contribution is 5.83. The Bertz CT molecular complexity index is 1520. The van der Waals surface area contributed by atoms with Crippen molar-refractivity contribution in [2.24, 2.45) is 18.5 Å². The summed E-state index contributed by atoms with van der Waals surface area (Å²) in [5.41, 5.74) is 14.7. The average molecular weight is 635 g/mol. The number of carbonyl (C=O) groups is 2. The molecule has 3 aromatic rings. The predicted molar refractivity (Wildman–Crippen MR) is 146 cm³/mol. The van der Waals surface area contributed by atoms with E-state index in [2.05, 4.69) is 4.74 Å². The molecule has 0 spiro atoms. The van der Waals surface area contributed by atoms with Crippen molar-refractivity contribution in [2.45, 2.75) is 50.8 Å². The van der Waals surface area contributed by atoms with Crippen molar-refractivity contribution >= 4 is 22.9 Å². The van der Waals surface area contributed by atoms with Gasteiger partial charge in [0.05, 0.1) is 23.7 Å². The molecule has 1 aliphatic rings. The largest absolute Gasteiger partial charge is 0.522 e. The van der Waals surface area contributed by atoms with E-state index in [9.17, 15) is 35.9 Å². The summed E-state index contributed by atoms with van der Waals surface area (Å²) in [6.45, 7) is 2.11. The van der Waals surface area contributed by atoms with Crippen LogP contribution in [0.1, 0.15) is 30.1 Å². The number of carboxylic acids is 1. The van der Waals surface area contributed by atoms with Crippen molar-refractivity contribution in [3.8, 4) is 11.1 Å². The van der Waals surface area contributed by atoms with Gasteiger partial charge in [0.15, 0.2) is 0 Å². The molecule has 1 aromatic carbocycles. The number of carboxylic acid groups (broad SMARTS) is 1. The minimum Gasteiger partial charge on any atom is -0.475 e. The van der Waals surface area contributed by atoms with Gasteiger partial charge in [0.1, 0.15) is 5.82 Å². The van der Waals surface area contributed by atoms with Gasteiger partial charge < -0.3 is 30.6 Å². The lowest BCUT2D eigenvalue weighted by Crippen LogP contribution is -2.50. The molecular weight excluding hydrogens is 602 g/mol. The molecule has 1 saturated heterocycles. The van der Waals surface area contributed by atoms with Crippen LogP contribution >= 0.6 is 0 Å². The number of hydrogen-bond donors (Lipinski definition) is 3. The molecule has 5 N–H and O–H groups in total. The fraction of sp³-hybridized carbons (Fsp3) is 0.481. The van der Waals surface area contributed by atoms with Crippen LogP contribution in [0.3, 0.4) is 0 Å². The van der Waals surface area contributed by atoms with Crippen molar-refractivity contribution < 1.29 is 45.8 Å². The first-order chi connectivity index (χ1) is 20.4. The van der Waals surface area contributed by atoms with Crippen molar-refractivity contribution in [3.63, 3.8) is 0 Å². The number of fused-ring (bicyclic) bond motifs is 1. The van der Waals surface area contributed by atoms with Crippen LogP contribution in [-0.4, -0.2) is 80.8 Å². The maximum absolute atomic E-state index is 12.7. The van der Waals surface area contributed by atoms with Crippen LogP contribution in [0.2, 0.25) is 0 Å². The summed E-state index contributed by atoms with van der Waals surface area (Å²) in [7, 11) is 1.67. The lowest BCUT2D eigenvalue weighted by atomic mass is 9.95. The molecule has 1 fully saturated rings. The lowest BCUT2D eigenvalue weighted by Gasteiger charge is -2.33. The van der Waals surface area contributed by atoms with E-state index in [-0.39, 0.29) is 30.5 Å². The molecule has 0 unspecified atom stereocenters. The molecule has 4 rings (SSSR count). The van der Waals surface area contributed by atoms with E-state index in [1.807, 2.05) is 18.2 Å². The second-order valence-electron chi connectivity index (χ2n) is 10.2. The molecule has 2 aromatic heterocycles. The van der Waals surface area contributed by atoms with Crippen molar-refractivity contribution in [1.29, 1.82) is 0 Å². The Kier molecular flexibility index (Phi) is 10.8. The number of ether oxygens (including phenoxy) is 1. The standard InChI is InChI=1S/C25H31F3N6O3.C2HF3O2/c1-15-11-18(14-32(2)23(15)35)17-3-4-20-21(12-17)34(9-10-37-25(26,27)28)22(31-20)16-5-7-33(8-6-16)24(36)19(30)13-29;3-2(4,5)1(6)7/h3-4,11-12,14,16,19H,5-10,13,29-30H2,1-2H3;(H,6,7)/t19-;/m0./s1. The Labute approximate surface area is 247 Å². The first-order valence-electron chi connectivity index (χ1n) is 13.4. The van der Waals surface area contributed by atoms with Gasteiger partial charge in [0.2, 0.25) is 5.91 Å². The predicted octanol–water partition coefficient (Wildman–Crippen LogP) is 2.87. The van der Waals surface area contributed by atoms with Crippen molar-refractivity contribution in [2.75, 3.05) is 26.2 Å². The third-order valence-corrected chi connectivity index (χ3v) is 7.04. The molecule has 0 saturated carbocycles. The Hall–Kier alpha value is -3.96. The van der Waals surface area contributed by atoms with Gasteiger partial charge in [-0.05, 0) is 49.1 Å². The average Bonchev–Trinajstić information content (AvgIpc) is 3.31. The van der Waals surface area contributed by atoms with Crippen LogP contribution in [0.5, 0.6) is 0 Å². The molecule has 0 aliphatic carbocycles. The monoisotopic (exact) mass is 634 g/mol. The summed E-state index contributed by atoms with van der Waals surface area (Å²) >= 11 is 0. The normalized spacial score (nSPS) is 15.2. The molecular formula is C27H32F6N6O5. The van der Waals surface area contributed by atoms with Crippen molar-refractivity contribution in [3.05, 3.63) is 52.2 Å². The SMILES string of the molecule is Cc1cc(-c2ccc3nc(C4CCN(C(=O)[C@@H](N)CN)CC4)n(CCOC(F)(F)F)c3c2)cn(C)c1=O.O=C(O)C(F)(F)F. The minimum absolute atomic E-state index is 0.0434. The summed E-state index contributed by atoms with van der Waals surface area (Å²) in [5, 5.41) is 7.12. The van der Waals surface area contributed by atoms with Gasteiger partial charge in [-0.3, -0.25) is 14.3 Å². The Balaban J connectivity index is 0.000000676. The summed E-state index contributed by atoms with van der Waals surface area (Å²) in [6.07, 6.45) is -6.90. The fourth-order valence-corrected chi connectivity index (χ4v) is 4.85. The van der Waals surface area contributed by atoms with Gasteiger partial charge in [-0.2, -0.15) is 13.2 Å². The number of imidazole rings is 1.